The van der Waals surface area contributed by atoms with Gasteiger partial charge in [0.1, 0.15) is 24.0 Å². The molecule has 1 fully saturated rings. The van der Waals surface area contributed by atoms with Crippen LogP contribution in [0.25, 0.3) is 0 Å². The van der Waals surface area contributed by atoms with E-state index in [1.165, 1.54) is 6.07 Å². The number of aromatic nitrogens is 1. The lowest BCUT2D eigenvalue weighted by molar-refractivity contribution is -0.117. The van der Waals surface area contributed by atoms with Crippen molar-refractivity contribution in [3.63, 3.8) is 0 Å². The molecule has 0 bridgehead atoms. The van der Waals surface area contributed by atoms with E-state index in [0.29, 0.717) is 43.3 Å². The number of rotatable bonds is 8. The highest BCUT2D eigenvalue weighted by atomic mass is 19.1. The van der Waals surface area contributed by atoms with E-state index in [4.69, 9.17) is 14.3 Å². The maximum Gasteiger partial charge on any atom is 0.410 e. The molecule has 8 nitrogen and oxygen atoms in total. The van der Waals surface area contributed by atoms with Gasteiger partial charge in [-0.2, -0.15) is 0 Å². The average molecular weight is 535 g/mol. The van der Waals surface area contributed by atoms with Gasteiger partial charge in [-0.05, 0) is 66.3 Å². The van der Waals surface area contributed by atoms with Crippen molar-refractivity contribution in [3.05, 3.63) is 88.4 Å². The lowest BCUT2D eigenvalue weighted by Gasteiger charge is -2.32. The van der Waals surface area contributed by atoms with Crippen molar-refractivity contribution in [1.82, 2.24) is 9.88 Å². The molecule has 2 heterocycles. The van der Waals surface area contributed by atoms with E-state index < -0.39 is 5.97 Å². The summed E-state index contributed by atoms with van der Waals surface area (Å²) in [6.45, 7) is 1.01. The molecule has 0 unspecified atom stereocenters. The van der Waals surface area contributed by atoms with Crippen LogP contribution < -0.4 is 0 Å². The molecule has 3 aromatic rings. The molecule has 0 saturated heterocycles. The van der Waals surface area contributed by atoms with Crippen LogP contribution in [0, 0.1) is 11.7 Å². The predicted octanol–water partition coefficient (Wildman–Crippen LogP) is 5.16. The first kappa shape index (κ1) is 26.6. The molecule has 5 rings (SSSR count). The topological polar surface area (TPSA) is 110 Å². The molecule has 1 saturated carbocycles. The minimum Gasteiger partial charge on any atom is -0.476 e. The van der Waals surface area contributed by atoms with Gasteiger partial charge in [0.15, 0.2) is 11.6 Å². The Balaban J connectivity index is 1.08. The van der Waals surface area contributed by atoms with Gasteiger partial charge in [0.25, 0.3) is 0 Å². The number of halogens is 1. The van der Waals surface area contributed by atoms with E-state index in [2.05, 4.69) is 4.98 Å². The molecule has 39 heavy (non-hydrogen) atoms. The molecule has 1 N–H and O–H groups in total. The van der Waals surface area contributed by atoms with Crippen LogP contribution in [0.5, 0.6) is 0 Å². The Morgan fingerprint density at radius 2 is 1.85 bits per heavy atom. The number of benzene rings is 2. The maximum atomic E-state index is 13.9. The van der Waals surface area contributed by atoms with E-state index in [-0.39, 0.29) is 42.3 Å². The van der Waals surface area contributed by atoms with Crippen molar-refractivity contribution in [1.29, 1.82) is 0 Å². The van der Waals surface area contributed by atoms with Crippen molar-refractivity contribution in [2.75, 3.05) is 6.54 Å². The highest BCUT2D eigenvalue weighted by Gasteiger charge is 2.29. The molecule has 0 radical (unpaired) electrons. The third-order valence-electron chi connectivity index (χ3n) is 7.58. The Bertz CT molecular complexity index is 1360. The van der Waals surface area contributed by atoms with Gasteiger partial charge >= 0.3 is 12.1 Å². The molecule has 0 spiro atoms. The standard InChI is InChI=1S/C30H31FN2O6/c31-26-4-2-1-3-22(26)16-24(34)14-20-5-8-23-17-33(12-11-21(23)13-20)30(37)39-25-9-6-19(7-10-25)15-28-32-27(18-38-28)29(35)36/h1-5,8,13,18-19,25H,6-7,9-12,14-17H2,(H,35,36). The van der Waals surface area contributed by atoms with Crippen molar-refractivity contribution < 1.29 is 33.0 Å². The number of hydrogen-bond acceptors (Lipinski definition) is 6. The zero-order chi connectivity index (χ0) is 27.4. The number of hydrogen-bond donors (Lipinski definition) is 1. The zero-order valence-electron chi connectivity index (χ0n) is 21.6. The number of aromatic carboxylic acids is 1. The third kappa shape index (κ3) is 6.71. The summed E-state index contributed by atoms with van der Waals surface area (Å²) in [6.07, 6.45) is 5.47. The van der Waals surface area contributed by atoms with Crippen molar-refractivity contribution in [3.8, 4) is 0 Å². The Kier molecular flexibility index (Phi) is 8.05. The lowest BCUT2D eigenvalue weighted by Crippen LogP contribution is -2.39. The summed E-state index contributed by atoms with van der Waals surface area (Å²) in [6, 6.07) is 12.2. The first-order valence-electron chi connectivity index (χ1n) is 13.3. The van der Waals surface area contributed by atoms with Crippen LogP contribution in [0.4, 0.5) is 9.18 Å². The molecular weight excluding hydrogens is 503 g/mol. The monoisotopic (exact) mass is 534 g/mol. The average Bonchev–Trinajstić information content (AvgIpc) is 3.40. The predicted molar refractivity (Wildman–Crippen MR) is 139 cm³/mol. The van der Waals surface area contributed by atoms with Gasteiger partial charge in [-0.25, -0.2) is 19.0 Å². The second-order valence-electron chi connectivity index (χ2n) is 10.4. The minimum atomic E-state index is -1.10. The highest BCUT2D eigenvalue weighted by Crippen LogP contribution is 2.30. The number of nitrogens with zero attached hydrogens (tertiary/aromatic N) is 2. The van der Waals surface area contributed by atoms with E-state index >= 15 is 0 Å². The number of fused-ring (bicyclic) bond motifs is 1. The van der Waals surface area contributed by atoms with Gasteiger partial charge in [-0.1, -0.05) is 36.4 Å². The number of carbonyl (C=O) groups excluding carboxylic acids is 2. The van der Waals surface area contributed by atoms with Crippen molar-refractivity contribution in [2.45, 2.75) is 64.0 Å². The molecule has 1 aromatic heterocycles. The number of carboxylic acid groups (broad SMARTS) is 1. The Labute approximate surface area is 225 Å². The number of ketones is 1. The van der Waals surface area contributed by atoms with E-state index in [1.54, 1.807) is 23.1 Å². The van der Waals surface area contributed by atoms with E-state index in [9.17, 15) is 18.8 Å². The number of carbonyl (C=O) groups is 3. The molecule has 2 aromatic carbocycles. The van der Waals surface area contributed by atoms with E-state index in [1.807, 2.05) is 18.2 Å². The number of amides is 1. The quantitative estimate of drug-likeness (QED) is 0.425. The van der Waals surface area contributed by atoms with Gasteiger partial charge in [-0.3, -0.25) is 4.79 Å². The number of ether oxygens (including phenoxy) is 1. The smallest absolute Gasteiger partial charge is 0.410 e. The van der Waals surface area contributed by atoms with Gasteiger partial charge in [0, 0.05) is 32.4 Å². The van der Waals surface area contributed by atoms with Crippen LogP contribution in [-0.2, 0) is 41.8 Å². The summed E-state index contributed by atoms with van der Waals surface area (Å²) in [5.74, 6) is -0.764. The molecule has 1 aliphatic carbocycles. The van der Waals surface area contributed by atoms with Crippen molar-refractivity contribution in [2.24, 2.45) is 5.92 Å². The Hall–Kier alpha value is -4.01. The second-order valence-corrected chi connectivity index (χ2v) is 10.4. The first-order valence-corrected chi connectivity index (χ1v) is 13.3. The van der Waals surface area contributed by atoms with Crippen LogP contribution in [0.3, 0.4) is 0 Å². The fraction of sp³-hybridized carbons (Fsp3) is 0.400. The van der Waals surface area contributed by atoms with E-state index in [0.717, 1.165) is 48.6 Å². The molecule has 9 heteroatoms. The molecular formula is C30H31FN2O6. The molecule has 2 aliphatic rings. The second kappa shape index (κ2) is 11.8. The Morgan fingerprint density at radius 1 is 1.05 bits per heavy atom. The van der Waals surface area contributed by atoms with Crippen LogP contribution >= 0.6 is 0 Å². The Morgan fingerprint density at radius 3 is 2.59 bits per heavy atom. The van der Waals surface area contributed by atoms with Crippen LogP contribution in [-0.4, -0.2) is 45.5 Å². The largest absolute Gasteiger partial charge is 0.476 e. The third-order valence-corrected chi connectivity index (χ3v) is 7.58. The van der Waals surface area contributed by atoms with Gasteiger partial charge in [-0.15, -0.1) is 0 Å². The van der Waals surface area contributed by atoms with Gasteiger partial charge < -0.3 is 19.2 Å². The lowest BCUT2D eigenvalue weighted by atomic mass is 9.85. The molecule has 1 amide bonds. The zero-order valence-corrected chi connectivity index (χ0v) is 21.6. The summed E-state index contributed by atoms with van der Waals surface area (Å²) in [5, 5.41) is 8.98. The SMILES string of the molecule is O=C(Cc1ccc2c(c1)CCN(C(=O)OC1CCC(Cc3nc(C(=O)O)co3)CC1)C2)Cc1ccccc1F. The number of carboxylic acids is 1. The minimum absolute atomic E-state index is 0.0405. The fourth-order valence-corrected chi connectivity index (χ4v) is 5.44. The van der Waals surface area contributed by atoms with Crippen LogP contribution in [0.1, 0.15) is 64.3 Å². The summed E-state index contributed by atoms with van der Waals surface area (Å²) < 4.78 is 25.0. The molecule has 204 valence electrons. The van der Waals surface area contributed by atoms with Crippen molar-refractivity contribution >= 4 is 17.8 Å². The summed E-state index contributed by atoms with van der Waals surface area (Å²) in [4.78, 5) is 42.1. The summed E-state index contributed by atoms with van der Waals surface area (Å²) >= 11 is 0. The highest BCUT2D eigenvalue weighted by molar-refractivity contribution is 5.84. The van der Waals surface area contributed by atoms with Crippen LogP contribution in [0.2, 0.25) is 0 Å². The van der Waals surface area contributed by atoms with Gasteiger partial charge in [0.2, 0.25) is 0 Å². The van der Waals surface area contributed by atoms with Gasteiger partial charge in [0.05, 0.1) is 0 Å². The first-order chi connectivity index (χ1) is 18.8. The summed E-state index contributed by atoms with van der Waals surface area (Å²) in [5.41, 5.74) is 3.38. The van der Waals surface area contributed by atoms with Crippen LogP contribution in [0.15, 0.2) is 53.1 Å². The normalized spacial score (nSPS) is 18.8. The number of Topliss-reactive ketones (excluding diaryl/α,β-unsaturated/α-hetero) is 1. The summed E-state index contributed by atoms with van der Waals surface area (Å²) in [7, 11) is 0. The maximum absolute atomic E-state index is 13.9. The molecule has 1 aliphatic heterocycles. The fourth-order valence-electron chi connectivity index (χ4n) is 5.44. The molecule has 0 atom stereocenters. The number of oxazole rings is 1.